The topological polar surface area (TPSA) is 59.1 Å². The molecule has 0 aliphatic carbocycles. The zero-order valence-electron chi connectivity index (χ0n) is 6.17. The molecule has 1 heterocycles. The van der Waals surface area contributed by atoms with Crippen molar-refractivity contribution in [3.8, 4) is 0 Å². The molecule has 0 radical (unpaired) electrons. The summed E-state index contributed by atoms with van der Waals surface area (Å²) in [7, 11) is 0. The third kappa shape index (κ3) is 1.57. The Hall–Kier alpha value is -1.07. The van der Waals surface area contributed by atoms with Crippen molar-refractivity contribution in [3.63, 3.8) is 0 Å². The Bertz CT molecular complexity index is 260. The van der Waals surface area contributed by atoms with Gasteiger partial charge in [-0.3, -0.25) is 4.98 Å². The summed E-state index contributed by atoms with van der Waals surface area (Å²) in [6.45, 7) is -0.502. The normalized spacial score (nSPS) is 13.0. The van der Waals surface area contributed by atoms with Crippen LogP contribution in [-0.4, -0.2) is 16.7 Å². The van der Waals surface area contributed by atoms with Crippen molar-refractivity contribution >= 4 is 0 Å². The molecule has 0 aliphatic heterocycles. The van der Waals surface area contributed by atoms with Crippen molar-refractivity contribution in [1.82, 2.24) is 4.98 Å². The van der Waals surface area contributed by atoms with Gasteiger partial charge in [-0.2, -0.15) is 0 Å². The molecule has 0 saturated heterocycles. The first-order valence-corrected chi connectivity index (χ1v) is 3.32. The Labute approximate surface area is 67.8 Å². The maximum Gasteiger partial charge on any atom is 0.149 e. The van der Waals surface area contributed by atoms with Gasteiger partial charge in [0.15, 0.2) is 0 Å². The fourth-order valence-electron chi connectivity index (χ4n) is 0.867. The van der Waals surface area contributed by atoms with Gasteiger partial charge in [0.2, 0.25) is 0 Å². The van der Waals surface area contributed by atoms with E-state index < -0.39 is 24.3 Å². The molecule has 0 spiro atoms. The van der Waals surface area contributed by atoms with Crippen molar-refractivity contribution in [1.29, 1.82) is 0 Å². The molecule has 3 N–H and O–H groups in total. The number of hydrogen-bond donors (Lipinski definition) is 2. The van der Waals surface area contributed by atoms with Crippen molar-refractivity contribution in [3.05, 3.63) is 29.6 Å². The molecule has 0 aromatic carbocycles. The van der Waals surface area contributed by atoms with Crippen LogP contribution in [-0.2, 0) is 0 Å². The number of hydrogen-bond acceptors (Lipinski definition) is 3. The lowest BCUT2D eigenvalue weighted by Crippen LogP contribution is -2.18. The molecule has 66 valence electrons. The van der Waals surface area contributed by atoms with Gasteiger partial charge in [0.05, 0.1) is 25.0 Å². The first kappa shape index (κ1) is 9.02. The standard InChI is InChI=1S/C7H8F2N2O/c8-4-1-11-2-5(9)7(4)6(10)3-12/h1-2,6,12H,3,10H2/t6-/m0/s1. The average Bonchev–Trinajstić information content (AvgIpc) is 2.03. The Kier molecular flexibility index (Phi) is 2.67. The van der Waals surface area contributed by atoms with Gasteiger partial charge in [0.1, 0.15) is 11.6 Å². The van der Waals surface area contributed by atoms with Crippen molar-refractivity contribution in [2.75, 3.05) is 6.61 Å². The van der Waals surface area contributed by atoms with Crippen LogP contribution in [0.3, 0.4) is 0 Å². The number of rotatable bonds is 2. The van der Waals surface area contributed by atoms with Crippen molar-refractivity contribution < 1.29 is 13.9 Å². The van der Waals surface area contributed by atoms with E-state index in [9.17, 15) is 8.78 Å². The zero-order valence-corrected chi connectivity index (χ0v) is 6.17. The average molecular weight is 174 g/mol. The Morgan fingerprint density at radius 2 is 1.92 bits per heavy atom. The molecular weight excluding hydrogens is 166 g/mol. The van der Waals surface area contributed by atoms with E-state index in [1.807, 2.05) is 0 Å². The minimum Gasteiger partial charge on any atom is -0.394 e. The van der Waals surface area contributed by atoms with Gasteiger partial charge >= 0.3 is 0 Å². The molecule has 1 rings (SSSR count). The fourth-order valence-corrected chi connectivity index (χ4v) is 0.867. The molecule has 0 unspecified atom stereocenters. The summed E-state index contributed by atoms with van der Waals surface area (Å²) in [5, 5.41) is 8.56. The third-order valence-electron chi connectivity index (χ3n) is 1.46. The maximum atomic E-state index is 12.8. The first-order valence-electron chi connectivity index (χ1n) is 3.32. The van der Waals surface area contributed by atoms with Crippen LogP contribution in [0.4, 0.5) is 8.78 Å². The summed E-state index contributed by atoms with van der Waals surface area (Å²) in [6.07, 6.45) is 1.71. The van der Waals surface area contributed by atoms with E-state index >= 15 is 0 Å². The summed E-state index contributed by atoms with van der Waals surface area (Å²) in [5.41, 5.74) is 4.91. The molecule has 0 fully saturated rings. The lowest BCUT2D eigenvalue weighted by atomic mass is 10.1. The second-order valence-corrected chi connectivity index (χ2v) is 2.31. The van der Waals surface area contributed by atoms with Gasteiger partial charge in [-0.15, -0.1) is 0 Å². The number of pyridine rings is 1. The SMILES string of the molecule is N[C@@H](CO)c1c(F)cncc1F. The molecule has 12 heavy (non-hydrogen) atoms. The van der Waals surface area contributed by atoms with E-state index in [0.29, 0.717) is 0 Å². The zero-order chi connectivity index (χ0) is 9.14. The Morgan fingerprint density at radius 3 is 2.33 bits per heavy atom. The highest BCUT2D eigenvalue weighted by Crippen LogP contribution is 2.16. The van der Waals surface area contributed by atoms with Crippen LogP contribution in [0.2, 0.25) is 0 Å². The molecule has 1 aromatic heterocycles. The highest BCUT2D eigenvalue weighted by atomic mass is 19.1. The minimum absolute atomic E-state index is 0.326. The van der Waals surface area contributed by atoms with Crippen LogP contribution in [0.5, 0.6) is 0 Å². The molecule has 1 atom stereocenters. The van der Waals surface area contributed by atoms with Crippen LogP contribution >= 0.6 is 0 Å². The second-order valence-electron chi connectivity index (χ2n) is 2.31. The largest absolute Gasteiger partial charge is 0.394 e. The molecule has 0 bridgehead atoms. The van der Waals surface area contributed by atoms with Crippen LogP contribution in [0.25, 0.3) is 0 Å². The number of nitrogens with two attached hydrogens (primary N) is 1. The van der Waals surface area contributed by atoms with Gasteiger partial charge < -0.3 is 10.8 Å². The van der Waals surface area contributed by atoms with Crippen LogP contribution in [0.1, 0.15) is 11.6 Å². The summed E-state index contributed by atoms with van der Waals surface area (Å²) < 4.78 is 25.6. The molecule has 3 nitrogen and oxygen atoms in total. The lowest BCUT2D eigenvalue weighted by molar-refractivity contribution is 0.262. The Morgan fingerprint density at radius 1 is 1.42 bits per heavy atom. The minimum atomic E-state index is -1.03. The summed E-state index contributed by atoms with van der Waals surface area (Å²) in [5.74, 6) is -1.67. The van der Waals surface area contributed by atoms with Gasteiger partial charge in [0, 0.05) is 5.56 Å². The highest BCUT2D eigenvalue weighted by Gasteiger charge is 2.15. The van der Waals surface area contributed by atoms with E-state index in [-0.39, 0.29) is 5.56 Å². The van der Waals surface area contributed by atoms with Gasteiger partial charge in [0.25, 0.3) is 0 Å². The molecular formula is C7H8F2N2O. The third-order valence-corrected chi connectivity index (χ3v) is 1.46. The predicted molar refractivity (Wildman–Crippen MR) is 38.2 cm³/mol. The molecule has 0 aliphatic rings. The van der Waals surface area contributed by atoms with Gasteiger partial charge in [-0.05, 0) is 0 Å². The monoisotopic (exact) mass is 174 g/mol. The summed E-state index contributed by atoms with van der Waals surface area (Å²) >= 11 is 0. The molecule has 1 aromatic rings. The quantitative estimate of drug-likeness (QED) is 0.680. The lowest BCUT2D eigenvalue weighted by Gasteiger charge is -2.09. The summed E-state index contributed by atoms with van der Waals surface area (Å²) in [4.78, 5) is 3.27. The number of aliphatic hydroxyl groups excluding tert-OH is 1. The number of aliphatic hydroxyl groups is 1. The van der Waals surface area contributed by atoms with Crippen LogP contribution in [0.15, 0.2) is 12.4 Å². The van der Waals surface area contributed by atoms with E-state index in [4.69, 9.17) is 10.8 Å². The molecule has 5 heteroatoms. The Balaban J connectivity index is 3.12. The summed E-state index contributed by atoms with van der Waals surface area (Å²) in [6, 6.07) is -1.03. The highest BCUT2D eigenvalue weighted by molar-refractivity contribution is 5.19. The first-order chi connectivity index (χ1) is 5.66. The molecule has 0 amide bonds. The van der Waals surface area contributed by atoms with Crippen molar-refractivity contribution in [2.45, 2.75) is 6.04 Å². The van der Waals surface area contributed by atoms with E-state index in [1.165, 1.54) is 0 Å². The van der Waals surface area contributed by atoms with E-state index in [1.54, 1.807) is 0 Å². The van der Waals surface area contributed by atoms with Gasteiger partial charge in [-0.1, -0.05) is 0 Å². The van der Waals surface area contributed by atoms with E-state index in [2.05, 4.69) is 4.98 Å². The van der Waals surface area contributed by atoms with Gasteiger partial charge in [-0.25, -0.2) is 8.78 Å². The fraction of sp³-hybridized carbons (Fsp3) is 0.286. The molecule has 0 saturated carbocycles. The maximum absolute atomic E-state index is 12.8. The van der Waals surface area contributed by atoms with Crippen LogP contribution in [0, 0.1) is 11.6 Å². The number of aromatic nitrogens is 1. The number of halogens is 2. The predicted octanol–water partition coefficient (Wildman–Crippen LogP) is 0.352. The van der Waals surface area contributed by atoms with E-state index in [0.717, 1.165) is 12.4 Å². The van der Waals surface area contributed by atoms with Crippen LogP contribution < -0.4 is 5.73 Å². The van der Waals surface area contributed by atoms with Crippen molar-refractivity contribution in [2.24, 2.45) is 5.73 Å². The second kappa shape index (κ2) is 3.55. The number of nitrogens with zero attached hydrogens (tertiary/aromatic N) is 1. The smallest absolute Gasteiger partial charge is 0.149 e.